The molecule has 3 unspecified atom stereocenters. The lowest BCUT2D eigenvalue weighted by atomic mass is 9.94. The van der Waals surface area contributed by atoms with Gasteiger partial charge in [-0.15, -0.1) is 0 Å². The third kappa shape index (κ3) is 4.82. The zero-order valence-electron chi connectivity index (χ0n) is 12.9. The molecule has 1 saturated carbocycles. The quantitative estimate of drug-likeness (QED) is 0.581. The van der Waals surface area contributed by atoms with Crippen molar-refractivity contribution in [2.75, 3.05) is 19.6 Å². The van der Waals surface area contributed by atoms with E-state index in [2.05, 4.69) is 22.8 Å². The standard InChI is InChI=1S/C16H28N2O2/c1-16(2,3)20-15(19)18-8-4-7-17-11-14-10-12-5-6-13(14)9-12/h5-6,12-14,17H,4,7-11H2,1-3H3,(H,18,19). The fourth-order valence-corrected chi connectivity index (χ4v) is 3.13. The van der Waals surface area contributed by atoms with Crippen molar-refractivity contribution in [2.45, 2.75) is 45.6 Å². The van der Waals surface area contributed by atoms with Gasteiger partial charge in [0.15, 0.2) is 0 Å². The van der Waals surface area contributed by atoms with Crippen LogP contribution in [0.15, 0.2) is 12.2 Å². The van der Waals surface area contributed by atoms with Crippen LogP contribution in [0.4, 0.5) is 4.79 Å². The summed E-state index contributed by atoms with van der Waals surface area (Å²) in [6.45, 7) is 8.34. The van der Waals surface area contributed by atoms with E-state index in [4.69, 9.17) is 4.74 Å². The molecule has 2 bridgehead atoms. The number of alkyl carbamates (subject to hydrolysis) is 1. The minimum Gasteiger partial charge on any atom is -0.444 e. The first-order valence-electron chi connectivity index (χ1n) is 7.80. The number of allylic oxidation sites excluding steroid dienone is 2. The number of hydrogen-bond donors (Lipinski definition) is 2. The molecule has 3 atom stereocenters. The summed E-state index contributed by atoms with van der Waals surface area (Å²) in [7, 11) is 0. The third-order valence-corrected chi connectivity index (χ3v) is 4.02. The van der Waals surface area contributed by atoms with Gasteiger partial charge in [0, 0.05) is 6.54 Å². The minimum atomic E-state index is -0.419. The largest absolute Gasteiger partial charge is 0.444 e. The molecule has 0 saturated heterocycles. The molecule has 0 aromatic carbocycles. The number of fused-ring (bicyclic) bond motifs is 2. The number of carbonyl (C=O) groups excluding carboxylic acids is 1. The van der Waals surface area contributed by atoms with Crippen molar-refractivity contribution >= 4 is 6.09 Å². The van der Waals surface area contributed by atoms with E-state index in [0.717, 1.165) is 37.3 Å². The van der Waals surface area contributed by atoms with Gasteiger partial charge in [-0.2, -0.15) is 0 Å². The van der Waals surface area contributed by atoms with Crippen molar-refractivity contribution in [2.24, 2.45) is 17.8 Å². The van der Waals surface area contributed by atoms with E-state index in [1.54, 1.807) is 0 Å². The van der Waals surface area contributed by atoms with Crippen LogP contribution < -0.4 is 10.6 Å². The highest BCUT2D eigenvalue weighted by atomic mass is 16.6. The molecule has 2 aliphatic rings. The molecule has 4 heteroatoms. The molecular formula is C16H28N2O2. The van der Waals surface area contributed by atoms with Gasteiger partial charge >= 0.3 is 6.09 Å². The first kappa shape index (κ1) is 15.4. The van der Waals surface area contributed by atoms with Crippen LogP contribution in [0.1, 0.15) is 40.0 Å². The Labute approximate surface area is 122 Å². The fraction of sp³-hybridized carbons (Fsp3) is 0.812. The molecule has 0 aromatic heterocycles. The summed E-state index contributed by atoms with van der Waals surface area (Å²) < 4.78 is 5.18. The van der Waals surface area contributed by atoms with E-state index in [1.807, 2.05) is 20.8 Å². The predicted octanol–water partition coefficient (Wildman–Crippen LogP) is 2.70. The Morgan fingerprint density at radius 3 is 2.65 bits per heavy atom. The smallest absolute Gasteiger partial charge is 0.407 e. The van der Waals surface area contributed by atoms with Crippen molar-refractivity contribution in [1.82, 2.24) is 10.6 Å². The van der Waals surface area contributed by atoms with Crippen LogP contribution in [0.2, 0.25) is 0 Å². The average Bonchev–Trinajstić information content (AvgIpc) is 2.93. The molecule has 1 amide bonds. The number of carbonyl (C=O) groups is 1. The molecule has 20 heavy (non-hydrogen) atoms. The van der Waals surface area contributed by atoms with Gasteiger partial charge in [0.1, 0.15) is 5.60 Å². The molecule has 2 rings (SSSR count). The molecular weight excluding hydrogens is 252 g/mol. The fourth-order valence-electron chi connectivity index (χ4n) is 3.13. The summed E-state index contributed by atoms with van der Waals surface area (Å²) in [5.41, 5.74) is -0.419. The van der Waals surface area contributed by atoms with Gasteiger partial charge in [0.25, 0.3) is 0 Å². The molecule has 1 fully saturated rings. The molecule has 0 aliphatic heterocycles. The Morgan fingerprint density at radius 2 is 2.05 bits per heavy atom. The lowest BCUT2D eigenvalue weighted by molar-refractivity contribution is 0.0527. The maximum Gasteiger partial charge on any atom is 0.407 e. The van der Waals surface area contributed by atoms with Crippen LogP contribution in [0.3, 0.4) is 0 Å². The number of ether oxygens (including phenoxy) is 1. The summed E-state index contributed by atoms with van der Waals surface area (Å²) in [4.78, 5) is 11.4. The predicted molar refractivity (Wildman–Crippen MR) is 80.6 cm³/mol. The SMILES string of the molecule is CC(C)(C)OC(=O)NCCCNCC1CC2C=CC1C2. The van der Waals surface area contributed by atoms with Crippen LogP contribution in [-0.2, 0) is 4.74 Å². The number of amides is 1. The van der Waals surface area contributed by atoms with Gasteiger partial charge < -0.3 is 15.4 Å². The number of rotatable bonds is 6. The molecule has 4 nitrogen and oxygen atoms in total. The van der Waals surface area contributed by atoms with Gasteiger partial charge in [-0.1, -0.05) is 12.2 Å². The van der Waals surface area contributed by atoms with Gasteiger partial charge in [0.05, 0.1) is 0 Å². The molecule has 0 spiro atoms. The zero-order chi connectivity index (χ0) is 14.6. The maximum atomic E-state index is 11.4. The maximum absolute atomic E-state index is 11.4. The highest BCUT2D eigenvalue weighted by molar-refractivity contribution is 5.67. The molecule has 114 valence electrons. The second-order valence-corrected chi connectivity index (χ2v) is 7.03. The molecule has 0 heterocycles. The van der Waals surface area contributed by atoms with Crippen LogP contribution in [0, 0.1) is 17.8 Å². The monoisotopic (exact) mass is 280 g/mol. The van der Waals surface area contributed by atoms with E-state index in [1.165, 1.54) is 12.8 Å². The van der Waals surface area contributed by atoms with E-state index in [9.17, 15) is 4.79 Å². The van der Waals surface area contributed by atoms with E-state index < -0.39 is 5.60 Å². The van der Waals surface area contributed by atoms with Crippen LogP contribution in [0.5, 0.6) is 0 Å². The Kier molecular flexibility index (Phi) is 5.08. The minimum absolute atomic E-state index is 0.323. The van der Waals surface area contributed by atoms with Gasteiger partial charge in [0.2, 0.25) is 0 Å². The zero-order valence-corrected chi connectivity index (χ0v) is 12.9. The molecule has 0 radical (unpaired) electrons. The molecule has 2 N–H and O–H groups in total. The average molecular weight is 280 g/mol. The van der Waals surface area contributed by atoms with Gasteiger partial charge in [-0.25, -0.2) is 4.79 Å². The third-order valence-electron chi connectivity index (χ3n) is 4.02. The Morgan fingerprint density at radius 1 is 1.25 bits per heavy atom. The van der Waals surface area contributed by atoms with E-state index in [-0.39, 0.29) is 6.09 Å². The topological polar surface area (TPSA) is 50.4 Å². The van der Waals surface area contributed by atoms with Crippen molar-refractivity contribution < 1.29 is 9.53 Å². The number of hydrogen-bond acceptors (Lipinski definition) is 3. The first-order chi connectivity index (χ1) is 9.44. The summed E-state index contributed by atoms with van der Waals surface area (Å²) in [6, 6.07) is 0. The lowest BCUT2D eigenvalue weighted by Crippen LogP contribution is -2.34. The Bertz CT molecular complexity index is 360. The van der Waals surface area contributed by atoms with Crippen LogP contribution in [-0.4, -0.2) is 31.3 Å². The summed E-state index contributed by atoms with van der Waals surface area (Å²) in [6.07, 6.45) is 8.11. The molecule has 2 aliphatic carbocycles. The second-order valence-electron chi connectivity index (χ2n) is 7.03. The Hall–Kier alpha value is -1.03. The van der Waals surface area contributed by atoms with Crippen LogP contribution >= 0.6 is 0 Å². The normalized spacial score (nSPS) is 27.9. The van der Waals surface area contributed by atoms with Crippen molar-refractivity contribution in [3.05, 3.63) is 12.2 Å². The van der Waals surface area contributed by atoms with E-state index in [0.29, 0.717) is 6.54 Å². The summed E-state index contributed by atoms with van der Waals surface area (Å²) in [5.74, 6) is 2.48. The highest BCUT2D eigenvalue weighted by Crippen LogP contribution is 2.42. The van der Waals surface area contributed by atoms with Crippen molar-refractivity contribution in [3.63, 3.8) is 0 Å². The van der Waals surface area contributed by atoms with Crippen molar-refractivity contribution in [3.8, 4) is 0 Å². The number of nitrogens with one attached hydrogen (secondary N) is 2. The van der Waals surface area contributed by atoms with Crippen LogP contribution in [0.25, 0.3) is 0 Å². The lowest BCUT2D eigenvalue weighted by Gasteiger charge is -2.20. The van der Waals surface area contributed by atoms with Crippen molar-refractivity contribution in [1.29, 1.82) is 0 Å². The highest BCUT2D eigenvalue weighted by Gasteiger charge is 2.34. The Balaban J connectivity index is 1.46. The van der Waals surface area contributed by atoms with Gasteiger partial charge in [-0.3, -0.25) is 0 Å². The second kappa shape index (κ2) is 6.61. The molecule has 0 aromatic rings. The summed E-state index contributed by atoms with van der Waals surface area (Å²) in [5, 5.41) is 6.29. The first-order valence-corrected chi connectivity index (χ1v) is 7.80. The summed E-state index contributed by atoms with van der Waals surface area (Å²) >= 11 is 0. The van der Waals surface area contributed by atoms with E-state index >= 15 is 0 Å². The van der Waals surface area contributed by atoms with Gasteiger partial charge in [-0.05, 0) is 70.9 Å².